The lowest BCUT2D eigenvalue weighted by atomic mass is 10.1. The zero-order valence-electron chi connectivity index (χ0n) is 20.1. The number of amides is 2. The van der Waals surface area contributed by atoms with E-state index >= 15 is 0 Å². The van der Waals surface area contributed by atoms with Crippen LogP contribution in [0, 0.1) is 6.92 Å². The molecule has 2 saturated heterocycles. The molecule has 0 unspecified atom stereocenters. The largest absolute Gasteiger partial charge is 0.342 e. The zero-order valence-corrected chi connectivity index (χ0v) is 20.9. The van der Waals surface area contributed by atoms with Crippen LogP contribution in [0.3, 0.4) is 0 Å². The molecule has 2 amide bonds. The fourth-order valence-electron chi connectivity index (χ4n) is 4.86. The molecule has 0 radical (unpaired) electrons. The summed E-state index contributed by atoms with van der Waals surface area (Å²) < 4.78 is 1.42. The monoisotopic (exact) mass is 493 g/mol. The summed E-state index contributed by atoms with van der Waals surface area (Å²) in [6, 6.07) is 8.07. The van der Waals surface area contributed by atoms with Crippen molar-refractivity contribution >= 4 is 33.4 Å². The maximum atomic E-state index is 13.3. The number of likely N-dealkylation sites (tertiary alicyclic amines) is 1. The van der Waals surface area contributed by atoms with E-state index in [9.17, 15) is 14.4 Å². The summed E-state index contributed by atoms with van der Waals surface area (Å²) in [4.78, 5) is 49.9. The van der Waals surface area contributed by atoms with Crippen molar-refractivity contribution in [3.63, 3.8) is 0 Å². The lowest BCUT2D eigenvalue weighted by Gasteiger charge is -2.36. The molecule has 8 nitrogen and oxygen atoms in total. The molecule has 0 atom stereocenters. The number of thiophene rings is 1. The molecule has 9 heteroatoms. The van der Waals surface area contributed by atoms with Gasteiger partial charge in [0.15, 0.2) is 0 Å². The summed E-state index contributed by atoms with van der Waals surface area (Å²) in [5.74, 6) is 0.0953. The lowest BCUT2D eigenvalue weighted by Crippen LogP contribution is -2.52. The van der Waals surface area contributed by atoms with E-state index in [1.165, 1.54) is 28.7 Å². The molecular formula is C26H31N5O3S. The average molecular weight is 494 g/mol. The van der Waals surface area contributed by atoms with E-state index < -0.39 is 0 Å². The highest BCUT2D eigenvalue weighted by atomic mass is 32.1. The first-order valence-corrected chi connectivity index (χ1v) is 13.2. The number of aryl methyl sites for hydroxylation is 1. The lowest BCUT2D eigenvalue weighted by molar-refractivity contribution is -0.136. The minimum absolute atomic E-state index is 0.0301. The van der Waals surface area contributed by atoms with E-state index in [-0.39, 0.29) is 23.9 Å². The van der Waals surface area contributed by atoms with Crippen LogP contribution in [0.15, 0.2) is 40.8 Å². The first-order chi connectivity index (χ1) is 17.0. The molecule has 0 bridgehead atoms. The third-order valence-electron chi connectivity index (χ3n) is 7.02. The average Bonchev–Trinajstić information content (AvgIpc) is 3.32. The quantitative estimate of drug-likeness (QED) is 0.546. The number of carbonyl (C=O) groups is 2. The molecule has 2 aliphatic rings. The second-order valence-electron chi connectivity index (χ2n) is 9.47. The van der Waals surface area contributed by atoms with Gasteiger partial charge in [-0.3, -0.25) is 23.9 Å². The second kappa shape index (κ2) is 10.3. The number of benzene rings is 1. The minimum atomic E-state index is -0.189. The molecule has 1 aromatic carbocycles. The van der Waals surface area contributed by atoms with Gasteiger partial charge in [-0.15, -0.1) is 11.3 Å². The topological polar surface area (TPSA) is 78.8 Å². The minimum Gasteiger partial charge on any atom is -0.342 e. The predicted octanol–water partition coefficient (Wildman–Crippen LogP) is 2.59. The Morgan fingerprint density at radius 1 is 0.886 bits per heavy atom. The number of fused-ring (bicyclic) bond motifs is 1. The zero-order chi connectivity index (χ0) is 24.4. The second-order valence-corrected chi connectivity index (χ2v) is 10.3. The van der Waals surface area contributed by atoms with E-state index in [0.717, 1.165) is 42.6 Å². The summed E-state index contributed by atoms with van der Waals surface area (Å²) >= 11 is 1.44. The van der Waals surface area contributed by atoms with Crippen molar-refractivity contribution in [3.8, 4) is 11.1 Å². The number of rotatable bonds is 5. The smallest absolute Gasteiger partial charge is 0.263 e. The van der Waals surface area contributed by atoms with Gasteiger partial charge in [0, 0.05) is 50.2 Å². The molecule has 0 spiro atoms. The molecule has 4 heterocycles. The van der Waals surface area contributed by atoms with Gasteiger partial charge in [-0.2, -0.15) is 0 Å². The standard InChI is InChI=1S/C26H31N5O3S/c1-19-5-7-20(8-6-19)21-17-35-25-24(21)26(34)31(18-27-25)16-23(33)30-13-11-28(12-14-30)15-22(32)29-9-3-2-4-10-29/h5-8,17-18H,2-4,9-16H2,1H3. The number of carbonyl (C=O) groups excluding carboxylic acids is 2. The van der Waals surface area contributed by atoms with E-state index in [2.05, 4.69) is 9.88 Å². The van der Waals surface area contributed by atoms with Gasteiger partial charge in [0.05, 0.1) is 18.3 Å². The predicted molar refractivity (Wildman–Crippen MR) is 138 cm³/mol. The van der Waals surface area contributed by atoms with Crippen molar-refractivity contribution in [1.29, 1.82) is 0 Å². The molecule has 2 fully saturated rings. The highest BCUT2D eigenvalue weighted by Gasteiger charge is 2.25. The maximum absolute atomic E-state index is 13.3. The third-order valence-corrected chi connectivity index (χ3v) is 7.91. The van der Waals surface area contributed by atoms with Crippen LogP contribution in [-0.2, 0) is 16.1 Å². The number of hydrogen-bond acceptors (Lipinski definition) is 6. The van der Waals surface area contributed by atoms with Gasteiger partial charge >= 0.3 is 0 Å². The molecule has 35 heavy (non-hydrogen) atoms. The van der Waals surface area contributed by atoms with Crippen LogP contribution in [0.4, 0.5) is 0 Å². The van der Waals surface area contributed by atoms with Crippen LogP contribution in [0.2, 0.25) is 0 Å². The Morgan fingerprint density at radius 2 is 1.54 bits per heavy atom. The molecule has 0 saturated carbocycles. The van der Waals surface area contributed by atoms with E-state index in [1.54, 1.807) is 4.90 Å². The van der Waals surface area contributed by atoms with Crippen molar-refractivity contribution in [2.45, 2.75) is 32.7 Å². The summed E-state index contributed by atoms with van der Waals surface area (Å²) in [6.45, 7) is 6.59. The van der Waals surface area contributed by atoms with Gasteiger partial charge in [-0.25, -0.2) is 4.98 Å². The molecule has 5 rings (SSSR count). The first-order valence-electron chi connectivity index (χ1n) is 12.3. The molecular weight excluding hydrogens is 462 g/mol. The SMILES string of the molecule is Cc1ccc(-c2csc3ncn(CC(=O)N4CCN(CC(=O)N5CCCCC5)CC4)c(=O)c23)cc1. The summed E-state index contributed by atoms with van der Waals surface area (Å²) in [5.41, 5.74) is 2.80. The van der Waals surface area contributed by atoms with Gasteiger partial charge < -0.3 is 9.80 Å². The van der Waals surface area contributed by atoms with E-state index in [1.807, 2.05) is 41.5 Å². The van der Waals surface area contributed by atoms with Gasteiger partial charge in [0.2, 0.25) is 11.8 Å². The normalized spacial score (nSPS) is 17.2. The third kappa shape index (κ3) is 5.16. The Balaban J connectivity index is 1.23. The van der Waals surface area contributed by atoms with E-state index in [4.69, 9.17) is 0 Å². The molecule has 2 aromatic heterocycles. The number of nitrogens with zero attached hydrogens (tertiary/aromatic N) is 5. The Hall–Kier alpha value is -3.04. The number of hydrogen-bond donors (Lipinski definition) is 0. The highest BCUT2D eigenvalue weighted by molar-refractivity contribution is 7.17. The highest BCUT2D eigenvalue weighted by Crippen LogP contribution is 2.30. The van der Waals surface area contributed by atoms with Crippen molar-refractivity contribution in [2.75, 3.05) is 45.8 Å². The summed E-state index contributed by atoms with van der Waals surface area (Å²) in [5, 5.41) is 2.52. The Labute approximate surface area is 208 Å². The molecule has 0 aliphatic carbocycles. The molecule has 3 aromatic rings. The van der Waals surface area contributed by atoms with E-state index in [0.29, 0.717) is 42.9 Å². The fourth-order valence-corrected chi connectivity index (χ4v) is 5.77. The summed E-state index contributed by atoms with van der Waals surface area (Å²) in [7, 11) is 0. The number of aromatic nitrogens is 2. The van der Waals surface area contributed by atoms with Crippen LogP contribution >= 0.6 is 11.3 Å². The van der Waals surface area contributed by atoms with Crippen LogP contribution in [0.25, 0.3) is 21.3 Å². The first kappa shape index (κ1) is 23.7. The Morgan fingerprint density at radius 3 is 2.26 bits per heavy atom. The molecule has 0 N–H and O–H groups in total. The summed E-state index contributed by atoms with van der Waals surface area (Å²) in [6.07, 6.45) is 4.86. The van der Waals surface area contributed by atoms with Crippen molar-refractivity contribution in [1.82, 2.24) is 24.3 Å². The number of piperidine rings is 1. The van der Waals surface area contributed by atoms with Crippen LogP contribution < -0.4 is 5.56 Å². The van der Waals surface area contributed by atoms with Gasteiger partial charge in [0.25, 0.3) is 5.56 Å². The molecule has 2 aliphatic heterocycles. The Kier molecular flexibility index (Phi) is 6.97. The van der Waals surface area contributed by atoms with Gasteiger partial charge in [0.1, 0.15) is 11.4 Å². The Bertz CT molecular complexity index is 1270. The number of piperazine rings is 1. The van der Waals surface area contributed by atoms with Crippen LogP contribution in [0.5, 0.6) is 0 Å². The van der Waals surface area contributed by atoms with Crippen LogP contribution in [0.1, 0.15) is 24.8 Å². The van der Waals surface area contributed by atoms with Crippen molar-refractivity contribution in [3.05, 3.63) is 51.9 Å². The van der Waals surface area contributed by atoms with Crippen LogP contribution in [-0.4, -0.2) is 81.9 Å². The van der Waals surface area contributed by atoms with Gasteiger partial charge in [-0.05, 0) is 31.7 Å². The van der Waals surface area contributed by atoms with Gasteiger partial charge in [-0.1, -0.05) is 29.8 Å². The maximum Gasteiger partial charge on any atom is 0.263 e. The molecule has 184 valence electrons. The van der Waals surface area contributed by atoms with Crippen molar-refractivity contribution < 1.29 is 9.59 Å². The van der Waals surface area contributed by atoms with Crippen molar-refractivity contribution in [2.24, 2.45) is 0 Å². The fraction of sp³-hybridized carbons (Fsp3) is 0.462.